The molecule has 0 aliphatic rings. The lowest BCUT2D eigenvalue weighted by Gasteiger charge is -2.12. The van der Waals surface area contributed by atoms with Gasteiger partial charge in [-0.15, -0.1) is 11.3 Å². The van der Waals surface area contributed by atoms with Crippen LogP contribution in [0.3, 0.4) is 0 Å². The van der Waals surface area contributed by atoms with Crippen LogP contribution in [0.2, 0.25) is 0 Å². The number of hydrogen-bond acceptors (Lipinski definition) is 5. The maximum atomic E-state index is 13.6. The summed E-state index contributed by atoms with van der Waals surface area (Å²) in [6.07, 6.45) is 5.44. The summed E-state index contributed by atoms with van der Waals surface area (Å²) >= 11 is 1.15. The van der Waals surface area contributed by atoms with Gasteiger partial charge in [0.15, 0.2) is 5.13 Å². The standard InChI is InChI=1S/C25H19FN6S/c1-32(2)15-8-14(11-27-12-15)20-10-18-22(13-28-20)30-31-25(18)21-9-17-16(4-3-5-19(17)29-21)23-6-7-24(26)33-23/h3-13,29H,1-2H3,(H,30,31). The Kier molecular flexibility index (Phi) is 4.48. The van der Waals surface area contributed by atoms with Gasteiger partial charge in [-0.1, -0.05) is 12.1 Å². The number of fused-ring (bicyclic) bond motifs is 2. The van der Waals surface area contributed by atoms with Crippen LogP contribution in [0.15, 0.2) is 67.1 Å². The minimum atomic E-state index is -0.191. The lowest BCUT2D eigenvalue weighted by atomic mass is 10.1. The number of benzene rings is 1. The van der Waals surface area contributed by atoms with Crippen LogP contribution in [0.4, 0.5) is 10.1 Å². The number of anilines is 1. The molecule has 0 radical (unpaired) electrons. The van der Waals surface area contributed by atoms with Gasteiger partial charge in [-0.05, 0) is 36.4 Å². The third-order valence-electron chi connectivity index (χ3n) is 5.74. The van der Waals surface area contributed by atoms with E-state index in [2.05, 4.69) is 37.3 Å². The van der Waals surface area contributed by atoms with E-state index in [1.54, 1.807) is 6.20 Å². The molecule has 6 aromatic rings. The number of aromatic amines is 2. The minimum Gasteiger partial charge on any atom is -0.376 e. The fourth-order valence-corrected chi connectivity index (χ4v) is 4.82. The van der Waals surface area contributed by atoms with E-state index in [0.717, 1.165) is 71.9 Å². The largest absolute Gasteiger partial charge is 0.376 e. The van der Waals surface area contributed by atoms with E-state index in [9.17, 15) is 4.39 Å². The molecule has 0 amide bonds. The first-order chi connectivity index (χ1) is 16.1. The summed E-state index contributed by atoms with van der Waals surface area (Å²) in [5.74, 6) is 0. The number of nitrogens with zero attached hydrogens (tertiary/aromatic N) is 4. The number of pyridine rings is 2. The van der Waals surface area contributed by atoms with Crippen molar-refractivity contribution in [2.45, 2.75) is 0 Å². The molecule has 0 spiro atoms. The first kappa shape index (κ1) is 19.6. The number of rotatable bonds is 4. The van der Waals surface area contributed by atoms with Crippen LogP contribution in [0.25, 0.3) is 54.9 Å². The highest BCUT2D eigenvalue weighted by molar-refractivity contribution is 7.14. The van der Waals surface area contributed by atoms with Gasteiger partial charge in [-0.2, -0.15) is 9.49 Å². The molecule has 0 fully saturated rings. The molecule has 0 unspecified atom stereocenters. The summed E-state index contributed by atoms with van der Waals surface area (Å²) < 4.78 is 13.6. The SMILES string of the molecule is CN(C)c1cncc(-c2cc3c(-c4cc5c(-c6ccc(F)s6)cccc5[nH]4)n[nH]c3cn2)c1. The molecule has 1 aromatic carbocycles. The summed E-state index contributed by atoms with van der Waals surface area (Å²) in [5.41, 5.74) is 7.30. The Labute approximate surface area is 192 Å². The highest BCUT2D eigenvalue weighted by Crippen LogP contribution is 2.37. The van der Waals surface area contributed by atoms with Gasteiger partial charge >= 0.3 is 0 Å². The van der Waals surface area contributed by atoms with Crippen molar-refractivity contribution in [1.82, 2.24) is 25.1 Å². The maximum Gasteiger partial charge on any atom is 0.176 e. The zero-order valence-electron chi connectivity index (χ0n) is 17.9. The molecular weight excluding hydrogens is 435 g/mol. The maximum absolute atomic E-state index is 13.6. The van der Waals surface area contributed by atoms with E-state index in [4.69, 9.17) is 0 Å². The predicted octanol–water partition coefficient (Wildman–Crippen LogP) is 6.10. The molecular formula is C25H19FN6S. The van der Waals surface area contributed by atoms with Gasteiger partial charge in [0.05, 0.1) is 35.0 Å². The quantitative estimate of drug-likeness (QED) is 0.337. The van der Waals surface area contributed by atoms with Crippen molar-refractivity contribution < 1.29 is 4.39 Å². The summed E-state index contributed by atoms with van der Waals surface area (Å²) in [6.45, 7) is 0. The number of aromatic nitrogens is 5. The van der Waals surface area contributed by atoms with Gasteiger partial charge in [-0.25, -0.2) is 0 Å². The van der Waals surface area contributed by atoms with E-state index in [0.29, 0.717) is 0 Å². The van der Waals surface area contributed by atoms with Gasteiger partial charge in [0.2, 0.25) is 0 Å². The summed E-state index contributed by atoms with van der Waals surface area (Å²) in [4.78, 5) is 15.4. The Hall–Kier alpha value is -4.04. The van der Waals surface area contributed by atoms with Crippen molar-refractivity contribution in [3.63, 3.8) is 0 Å². The third-order valence-corrected chi connectivity index (χ3v) is 6.65. The van der Waals surface area contributed by atoms with Gasteiger partial charge in [0.25, 0.3) is 0 Å². The molecule has 5 heterocycles. The van der Waals surface area contributed by atoms with Gasteiger partial charge in [-0.3, -0.25) is 15.1 Å². The lowest BCUT2D eigenvalue weighted by molar-refractivity contribution is 0.657. The average molecular weight is 455 g/mol. The Morgan fingerprint density at radius 3 is 2.67 bits per heavy atom. The highest BCUT2D eigenvalue weighted by atomic mass is 32.1. The topological polar surface area (TPSA) is 73.5 Å². The van der Waals surface area contributed by atoms with Crippen LogP contribution in [0, 0.1) is 5.13 Å². The normalized spacial score (nSPS) is 11.5. The number of thiophene rings is 1. The summed E-state index contributed by atoms with van der Waals surface area (Å²) in [6, 6.07) is 15.5. The van der Waals surface area contributed by atoms with Crippen LogP contribution in [0.1, 0.15) is 0 Å². The molecule has 5 aromatic heterocycles. The van der Waals surface area contributed by atoms with Crippen molar-refractivity contribution in [2.75, 3.05) is 19.0 Å². The van der Waals surface area contributed by atoms with E-state index >= 15 is 0 Å². The van der Waals surface area contributed by atoms with E-state index in [-0.39, 0.29) is 5.13 Å². The van der Waals surface area contributed by atoms with Crippen LogP contribution in [-0.2, 0) is 0 Å². The molecule has 0 saturated heterocycles. The fraction of sp³-hybridized carbons (Fsp3) is 0.0800. The molecule has 162 valence electrons. The highest BCUT2D eigenvalue weighted by Gasteiger charge is 2.15. The molecule has 2 N–H and O–H groups in total. The summed E-state index contributed by atoms with van der Waals surface area (Å²) in [5, 5.41) is 9.46. The molecule has 33 heavy (non-hydrogen) atoms. The minimum absolute atomic E-state index is 0.191. The van der Waals surface area contributed by atoms with Gasteiger partial charge in [0, 0.05) is 52.6 Å². The van der Waals surface area contributed by atoms with E-state index < -0.39 is 0 Å². The Balaban J connectivity index is 1.48. The number of halogens is 1. The second-order valence-electron chi connectivity index (χ2n) is 8.07. The first-order valence-corrected chi connectivity index (χ1v) is 11.2. The molecule has 8 heteroatoms. The Morgan fingerprint density at radius 2 is 1.85 bits per heavy atom. The Morgan fingerprint density at radius 1 is 0.939 bits per heavy atom. The van der Waals surface area contributed by atoms with Gasteiger partial charge < -0.3 is 9.88 Å². The van der Waals surface area contributed by atoms with E-state index in [1.807, 2.05) is 61.7 Å². The second kappa shape index (κ2) is 7.53. The zero-order valence-corrected chi connectivity index (χ0v) is 18.7. The third kappa shape index (κ3) is 3.35. The zero-order chi connectivity index (χ0) is 22.5. The number of H-pyrrole nitrogens is 2. The van der Waals surface area contributed by atoms with Crippen molar-refractivity contribution in [3.05, 3.63) is 72.3 Å². The molecule has 0 aliphatic heterocycles. The molecule has 0 aliphatic carbocycles. The van der Waals surface area contributed by atoms with Gasteiger partial charge in [0.1, 0.15) is 5.69 Å². The Bertz CT molecular complexity index is 1630. The first-order valence-electron chi connectivity index (χ1n) is 10.4. The lowest BCUT2D eigenvalue weighted by Crippen LogP contribution is -2.08. The van der Waals surface area contributed by atoms with Crippen LogP contribution in [0.5, 0.6) is 0 Å². The smallest absolute Gasteiger partial charge is 0.176 e. The van der Waals surface area contributed by atoms with Crippen LogP contribution in [-0.4, -0.2) is 39.2 Å². The average Bonchev–Trinajstić information content (AvgIpc) is 3.55. The van der Waals surface area contributed by atoms with Crippen molar-refractivity contribution in [3.8, 4) is 33.1 Å². The number of hydrogen-bond donors (Lipinski definition) is 2. The van der Waals surface area contributed by atoms with Crippen molar-refractivity contribution in [1.29, 1.82) is 0 Å². The molecule has 0 atom stereocenters. The van der Waals surface area contributed by atoms with Crippen LogP contribution >= 0.6 is 11.3 Å². The number of nitrogens with one attached hydrogen (secondary N) is 2. The second-order valence-corrected chi connectivity index (χ2v) is 9.10. The predicted molar refractivity (Wildman–Crippen MR) is 132 cm³/mol. The molecule has 0 saturated carbocycles. The fourth-order valence-electron chi connectivity index (χ4n) is 4.05. The van der Waals surface area contributed by atoms with Crippen molar-refractivity contribution >= 4 is 38.8 Å². The van der Waals surface area contributed by atoms with Crippen molar-refractivity contribution in [2.24, 2.45) is 0 Å². The molecule has 0 bridgehead atoms. The van der Waals surface area contributed by atoms with E-state index in [1.165, 1.54) is 6.07 Å². The monoisotopic (exact) mass is 454 g/mol. The van der Waals surface area contributed by atoms with Crippen LogP contribution < -0.4 is 4.90 Å². The molecule has 6 rings (SSSR count). The summed E-state index contributed by atoms with van der Waals surface area (Å²) in [7, 11) is 3.97. The molecule has 6 nitrogen and oxygen atoms in total.